The Bertz CT molecular complexity index is 445. The zero-order chi connectivity index (χ0) is 18.4. The SMILES string of the molecule is CC/C=C\CC=CCC=CC/C=C\C/C=C\CCCCNCC(=O)O. The highest BCUT2D eigenvalue weighted by molar-refractivity contribution is 5.68. The van der Waals surface area contributed by atoms with E-state index < -0.39 is 5.97 Å². The molecule has 3 heteroatoms. The minimum atomic E-state index is -0.794. The summed E-state index contributed by atoms with van der Waals surface area (Å²) in [6, 6.07) is 0. The van der Waals surface area contributed by atoms with Crippen LogP contribution in [0.25, 0.3) is 0 Å². The summed E-state index contributed by atoms with van der Waals surface area (Å²) >= 11 is 0. The highest BCUT2D eigenvalue weighted by atomic mass is 16.4. The maximum absolute atomic E-state index is 10.3. The molecular formula is C22H35NO2. The Hall–Kier alpha value is -1.87. The van der Waals surface area contributed by atoms with Crippen molar-refractivity contribution < 1.29 is 9.90 Å². The molecule has 0 saturated carbocycles. The van der Waals surface area contributed by atoms with Crippen molar-refractivity contribution in [2.24, 2.45) is 0 Å². The number of aliphatic carboxylic acids is 1. The van der Waals surface area contributed by atoms with Gasteiger partial charge in [-0.15, -0.1) is 0 Å². The van der Waals surface area contributed by atoms with E-state index in [1.807, 2.05) is 0 Å². The Kier molecular flexibility index (Phi) is 18.7. The predicted molar refractivity (Wildman–Crippen MR) is 109 cm³/mol. The molecule has 0 aliphatic heterocycles. The third kappa shape index (κ3) is 22.1. The number of hydrogen-bond acceptors (Lipinski definition) is 2. The van der Waals surface area contributed by atoms with Crippen LogP contribution < -0.4 is 5.32 Å². The molecule has 0 aromatic rings. The molecule has 0 heterocycles. The predicted octanol–water partition coefficient (Wildman–Crippen LogP) is 5.58. The normalized spacial score (nSPS) is 12.7. The maximum atomic E-state index is 10.3. The van der Waals surface area contributed by atoms with Gasteiger partial charge >= 0.3 is 5.97 Å². The van der Waals surface area contributed by atoms with Crippen LogP contribution in [0.1, 0.15) is 58.3 Å². The van der Waals surface area contributed by atoms with Gasteiger partial charge in [-0.1, -0.05) is 67.7 Å². The quantitative estimate of drug-likeness (QED) is 0.283. The van der Waals surface area contributed by atoms with Crippen molar-refractivity contribution in [3.63, 3.8) is 0 Å². The van der Waals surface area contributed by atoms with Crippen LogP contribution >= 0.6 is 0 Å². The molecule has 0 aromatic heterocycles. The minimum Gasteiger partial charge on any atom is -0.480 e. The summed E-state index contributed by atoms with van der Waals surface area (Å²) < 4.78 is 0. The largest absolute Gasteiger partial charge is 0.480 e. The Morgan fingerprint density at radius 1 is 0.760 bits per heavy atom. The lowest BCUT2D eigenvalue weighted by atomic mass is 10.2. The third-order valence-corrected chi connectivity index (χ3v) is 3.41. The second kappa shape index (κ2) is 20.2. The molecule has 0 radical (unpaired) electrons. The van der Waals surface area contributed by atoms with E-state index in [1.165, 1.54) is 0 Å². The van der Waals surface area contributed by atoms with Crippen molar-refractivity contribution >= 4 is 5.97 Å². The molecule has 0 fully saturated rings. The van der Waals surface area contributed by atoms with Gasteiger partial charge in [0.1, 0.15) is 0 Å². The van der Waals surface area contributed by atoms with E-state index in [0.717, 1.165) is 57.9 Å². The smallest absolute Gasteiger partial charge is 0.317 e. The van der Waals surface area contributed by atoms with Gasteiger partial charge in [0.05, 0.1) is 6.54 Å². The summed E-state index contributed by atoms with van der Waals surface area (Å²) in [4.78, 5) is 10.3. The van der Waals surface area contributed by atoms with E-state index in [1.54, 1.807) is 0 Å². The van der Waals surface area contributed by atoms with Gasteiger partial charge in [-0.05, 0) is 57.9 Å². The maximum Gasteiger partial charge on any atom is 0.317 e. The molecule has 0 saturated heterocycles. The highest BCUT2D eigenvalue weighted by Gasteiger charge is 1.93. The average Bonchev–Trinajstić information content (AvgIpc) is 2.60. The number of carbonyl (C=O) groups is 1. The summed E-state index contributed by atoms with van der Waals surface area (Å²) in [7, 11) is 0. The van der Waals surface area contributed by atoms with Crippen molar-refractivity contribution in [3.8, 4) is 0 Å². The summed E-state index contributed by atoms with van der Waals surface area (Å²) in [6.45, 7) is 2.98. The van der Waals surface area contributed by atoms with Gasteiger partial charge < -0.3 is 10.4 Å². The van der Waals surface area contributed by atoms with Crippen LogP contribution in [-0.4, -0.2) is 24.2 Å². The first-order valence-corrected chi connectivity index (χ1v) is 9.44. The fourth-order valence-corrected chi connectivity index (χ4v) is 2.08. The van der Waals surface area contributed by atoms with Crippen LogP contribution in [0, 0.1) is 0 Å². The minimum absolute atomic E-state index is 0.0572. The van der Waals surface area contributed by atoms with Crippen molar-refractivity contribution in [1.82, 2.24) is 5.32 Å². The molecule has 25 heavy (non-hydrogen) atoms. The molecule has 0 unspecified atom stereocenters. The number of rotatable bonds is 16. The lowest BCUT2D eigenvalue weighted by Gasteiger charge is -1.99. The molecular weight excluding hydrogens is 310 g/mol. The highest BCUT2D eigenvalue weighted by Crippen LogP contribution is 1.98. The van der Waals surface area contributed by atoms with Crippen molar-refractivity contribution in [2.45, 2.75) is 58.3 Å². The van der Waals surface area contributed by atoms with Crippen LogP contribution in [0.4, 0.5) is 0 Å². The second-order valence-electron chi connectivity index (χ2n) is 5.77. The Morgan fingerprint density at radius 3 is 1.72 bits per heavy atom. The van der Waals surface area contributed by atoms with Gasteiger partial charge in [-0.2, -0.15) is 0 Å². The molecule has 0 aliphatic carbocycles. The van der Waals surface area contributed by atoms with Crippen LogP contribution in [0.5, 0.6) is 0 Å². The molecule has 3 nitrogen and oxygen atoms in total. The lowest BCUT2D eigenvalue weighted by Crippen LogP contribution is -2.23. The standard InChI is InChI=1S/C22H35NO2/c1-2-3-4-5-6-7-8-9-10-11-12-13-14-15-16-17-18-19-20-23-21-22(24)25/h3-4,6-7,9-10,12-13,15-16,23H,2,5,8,11,14,17-21H2,1H3,(H,24,25)/b4-3-,7-6?,10-9?,13-12-,16-15-. The first-order valence-electron chi connectivity index (χ1n) is 9.44. The van der Waals surface area contributed by atoms with Gasteiger partial charge in [0.25, 0.3) is 0 Å². The fourth-order valence-electron chi connectivity index (χ4n) is 2.08. The van der Waals surface area contributed by atoms with Gasteiger partial charge in [0, 0.05) is 0 Å². The molecule has 0 aromatic carbocycles. The Labute approximate surface area is 153 Å². The van der Waals surface area contributed by atoms with Crippen LogP contribution in [0.15, 0.2) is 60.8 Å². The van der Waals surface area contributed by atoms with Gasteiger partial charge in [-0.3, -0.25) is 4.79 Å². The van der Waals surface area contributed by atoms with E-state index in [2.05, 4.69) is 73.0 Å². The third-order valence-electron chi connectivity index (χ3n) is 3.41. The summed E-state index contributed by atoms with van der Waals surface area (Å²) in [6.07, 6.45) is 30.3. The average molecular weight is 346 g/mol. The summed E-state index contributed by atoms with van der Waals surface area (Å²) in [5.74, 6) is -0.794. The number of hydrogen-bond donors (Lipinski definition) is 2. The van der Waals surface area contributed by atoms with Crippen molar-refractivity contribution in [1.29, 1.82) is 0 Å². The van der Waals surface area contributed by atoms with Crippen LogP contribution in [0.2, 0.25) is 0 Å². The topological polar surface area (TPSA) is 49.3 Å². The number of carboxylic acids is 1. The molecule has 0 atom stereocenters. The van der Waals surface area contributed by atoms with Gasteiger partial charge in [0.15, 0.2) is 0 Å². The van der Waals surface area contributed by atoms with Crippen LogP contribution in [0.3, 0.4) is 0 Å². The van der Waals surface area contributed by atoms with E-state index in [0.29, 0.717) is 0 Å². The van der Waals surface area contributed by atoms with Crippen molar-refractivity contribution in [3.05, 3.63) is 60.8 Å². The first-order chi connectivity index (χ1) is 12.3. The van der Waals surface area contributed by atoms with Gasteiger partial charge in [0.2, 0.25) is 0 Å². The van der Waals surface area contributed by atoms with E-state index in [9.17, 15) is 4.79 Å². The monoisotopic (exact) mass is 345 g/mol. The molecule has 0 rings (SSSR count). The first kappa shape index (κ1) is 23.1. The van der Waals surface area contributed by atoms with E-state index >= 15 is 0 Å². The molecule has 0 spiro atoms. The molecule has 0 aliphatic rings. The Morgan fingerprint density at radius 2 is 1.24 bits per heavy atom. The van der Waals surface area contributed by atoms with E-state index in [4.69, 9.17) is 5.11 Å². The molecule has 0 bridgehead atoms. The zero-order valence-electron chi connectivity index (χ0n) is 15.7. The molecule has 140 valence electrons. The number of allylic oxidation sites excluding steroid dienone is 10. The summed E-state index contributed by atoms with van der Waals surface area (Å²) in [5, 5.41) is 11.4. The van der Waals surface area contributed by atoms with Crippen molar-refractivity contribution in [2.75, 3.05) is 13.1 Å². The van der Waals surface area contributed by atoms with Crippen LogP contribution in [-0.2, 0) is 4.79 Å². The molecule has 0 amide bonds. The lowest BCUT2D eigenvalue weighted by molar-refractivity contribution is -0.135. The zero-order valence-corrected chi connectivity index (χ0v) is 15.7. The molecule has 2 N–H and O–H groups in total. The van der Waals surface area contributed by atoms with E-state index in [-0.39, 0.29) is 6.54 Å². The summed E-state index contributed by atoms with van der Waals surface area (Å²) in [5.41, 5.74) is 0. The second-order valence-corrected chi connectivity index (χ2v) is 5.77. The number of nitrogens with one attached hydrogen (secondary N) is 1. The fraction of sp³-hybridized carbons (Fsp3) is 0.500. The number of unbranched alkanes of at least 4 members (excludes halogenated alkanes) is 2. The number of carboxylic acid groups (broad SMARTS) is 1. The van der Waals surface area contributed by atoms with Gasteiger partial charge in [-0.25, -0.2) is 0 Å². The Balaban J connectivity index is 3.40.